The number of benzene rings is 2. The zero-order valence-corrected chi connectivity index (χ0v) is 11.5. The fourth-order valence-electron chi connectivity index (χ4n) is 1.73. The van der Waals surface area contributed by atoms with E-state index in [2.05, 4.69) is 0 Å². The molecule has 0 spiro atoms. The first-order valence-corrected chi connectivity index (χ1v) is 6.12. The number of carbonyl (C=O) groups excluding carboxylic acids is 1. The third-order valence-corrected chi connectivity index (χ3v) is 2.84. The minimum absolute atomic E-state index is 0.0862. The van der Waals surface area contributed by atoms with E-state index in [1.807, 2.05) is 6.92 Å². The maximum atomic E-state index is 12.0. The van der Waals surface area contributed by atoms with Gasteiger partial charge in [-0.1, -0.05) is 17.7 Å². The van der Waals surface area contributed by atoms with Crippen molar-refractivity contribution < 1.29 is 19.2 Å². The first-order valence-electron chi connectivity index (χ1n) is 6.12. The molecule has 0 saturated carbocycles. The molecule has 2 aromatic rings. The highest BCUT2D eigenvalue weighted by Gasteiger charge is 2.19. The minimum Gasteiger partial charge on any atom is -0.490 e. The Morgan fingerprint density at radius 2 is 1.81 bits per heavy atom. The Kier molecular flexibility index (Phi) is 4.18. The van der Waals surface area contributed by atoms with Crippen LogP contribution in [0.25, 0.3) is 0 Å². The van der Waals surface area contributed by atoms with Crippen LogP contribution in [0.1, 0.15) is 15.9 Å². The van der Waals surface area contributed by atoms with Gasteiger partial charge in [0.15, 0.2) is 5.75 Å². The first kappa shape index (κ1) is 14.5. The van der Waals surface area contributed by atoms with E-state index in [1.54, 1.807) is 24.3 Å². The smallest absolute Gasteiger partial charge is 0.343 e. The molecule has 0 aliphatic heterocycles. The zero-order chi connectivity index (χ0) is 15.4. The predicted octanol–water partition coefficient (Wildman–Crippen LogP) is 3.13. The van der Waals surface area contributed by atoms with Crippen LogP contribution in [-0.2, 0) is 0 Å². The van der Waals surface area contributed by atoms with Crippen molar-refractivity contribution in [1.29, 1.82) is 0 Å². The zero-order valence-electron chi connectivity index (χ0n) is 11.5. The Morgan fingerprint density at radius 3 is 2.38 bits per heavy atom. The molecular weight excluding hydrogens is 274 g/mol. The molecule has 0 aromatic heterocycles. The lowest BCUT2D eigenvalue weighted by molar-refractivity contribution is -0.385. The second kappa shape index (κ2) is 6.04. The van der Waals surface area contributed by atoms with Crippen LogP contribution in [0.15, 0.2) is 42.5 Å². The van der Waals surface area contributed by atoms with Crippen LogP contribution in [0.4, 0.5) is 5.69 Å². The Morgan fingerprint density at radius 1 is 1.14 bits per heavy atom. The van der Waals surface area contributed by atoms with Gasteiger partial charge in [-0.15, -0.1) is 0 Å². The Bertz CT molecular complexity index is 679. The van der Waals surface area contributed by atoms with Crippen LogP contribution >= 0.6 is 0 Å². The molecule has 108 valence electrons. The van der Waals surface area contributed by atoms with Crippen LogP contribution in [0, 0.1) is 17.0 Å². The topological polar surface area (TPSA) is 78.7 Å². The van der Waals surface area contributed by atoms with Gasteiger partial charge in [0, 0.05) is 6.07 Å². The van der Waals surface area contributed by atoms with E-state index in [1.165, 1.54) is 19.2 Å². The summed E-state index contributed by atoms with van der Waals surface area (Å²) in [5, 5.41) is 10.9. The molecule has 6 nitrogen and oxygen atoms in total. The number of aryl methyl sites for hydroxylation is 1. The molecular formula is C15H13NO5. The van der Waals surface area contributed by atoms with Crippen molar-refractivity contribution in [2.24, 2.45) is 0 Å². The van der Waals surface area contributed by atoms with Gasteiger partial charge in [0.2, 0.25) is 0 Å². The second-order valence-corrected chi connectivity index (χ2v) is 4.35. The number of hydrogen-bond acceptors (Lipinski definition) is 5. The van der Waals surface area contributed by atoms with E-state index in [-0.39, 0.29) is 17.0 Å². The standard InChI is InChI=1S/C15H13NO5/c1-10-3-6-12(7-4-10)21-15(17)11-5-8-14(20-2)13(9-11)16(18)19/h3-9H,1-2H3. The number of nitrogens with zero attached hydrogens (tertiary/aromatic N) is 1. The molecule has 6 heteroatoms. The average Bonchev–Trinajstić information content (AvgIpc) is 2.48. The molecule has 0 bridgehead atoms. The number of rotatable bonds is 4. The third-order valence-electron chi connectivity index (χ3n) is 2.84. The number of esters is 1. The van der Waals surface area contributed by atoms with E-state index in [0.29, 0.717) is 5.75 Å². The summed E-state index contributed by atoms with van der Waals surface area (Å²) >= 11 is 0. The molecule has 0 radical (unpaired) electrons. The highest BCUT2D eigenvalue weighted by Crippen LogP contribution is 2.28. The number of carbonyl (C=O) groups is 1. The van der Waals surface area contributed by atoms with Gasteiger partial charge in [0.1, 0.15) is 5.75 Å². The van der Waals surface area contributed by atoms with Crippen molar-refractivity contribution in [3.05, 3.63) is 63.7 Å². The van der Waals surface area contributed by atoms with Gasteiger partial charge in [0.25, 0.3) is 0 Å². The van der Waals surface area contributed by atoms with Crippen molar-refractivity contribution >= 4 is 11.7 Å². The highest BCUT2D eigenvalue weighted by atomic mass is 16.6. The molecule has 0 fully saturated rings. The summed E-state index contributed by atoms with van der Waals surface area (Å²) < 4.78 is 10.0. The second-order valence-electron chi connectivity index (χ2n) is 4.35. The molecule has 0 atom stereocenters. The fraction of sp³-hybridized carbons (Fsp3) is 0.133. The molecule has 0 saturated heterocycles. The maximum absolute atomic E-state index is 12.0. The SMILES string of the molecule is COc1ccc(C(=O)Oc2ccc(C)cc2)cc1[N+](=O)[O-]. The van der Waals surface area contributed by atoms with Crippen LogP contribution in [0.3, 0.4) is 0 Å². The summed E-state index contributed by atoms with van der Waals surface area (Å²) in [6.45, 7) is 1.92. The summed E-state index contributed by atoms with van der Waals surface area (Å²) in [5.74, 6) is -0.194. The molecule has 0 N–H and O–H groups in total. The van der Waals surface area contributed by atoms with Crippen LogP contribution < -0.4 is 9.47 Å². The number of methoxy groups -OCH3 is 1. The van der Waals surface area contributed by atoms with Crippen molar-refractivity contribution in [3.8, 4) is 11.5 Å². The van der Waals surface area contributed by atoms with E-state index >= 15 is 0 Å². The van der Waals surface area contributed by atoms with Crippen LogP contribution in [-0.4, -0.2) is 18.0 Å². The van der Waals surface area contributed by atoms with E-state index in [0.717, 1.165) is 11.6 Å². The molecule has 0 heterocycles. The summed E-state index contributed by atoms with van der Waals surface area (Å²) in [4.78, 5) is 22.3. The van der Waals surface area contributed by atoms with Crippen molar-refractivity contribution in [2.75, 3.05) is 7.11 Å². The monoisotopic (exact) mass is 287 g/mol. The van der Waals surface area contributed by atoms with Crippen molar-refractivity contribution in [2.45, 2.75) is 6.92 Å². The minimum atomic E-state index is -0.662. The van der Waals surface area contributed by atoms with Crippen LogP contribution in [0.5, 0.6) is 11.5 Å². The van der Waals surface area contributed by atoms with E-state index in [4.69, 9.17) is 9.47 Å². The van der Waals surface area contributed by atoms with E-state index in [9.17, 15) is 14.9 Å². The van der Waals surface area contributed by atoms with Gasteiger partial charge in [-0.05, 0) is 31.2 Å². The summed E-state index contributed by atoms with van der Waals surface area (Å²) in [5.41, 5.74) is 0.841. The molecule has 21 heavy (non-hydrogen) atoms. The summed E-state index contributed by atoms with van der Waals surface area (Å²) in [6, 6.07) is 10.8. The Labute approximate surface area is 121 Å². The van der Waals surface area contributed by atoms with Gasteiger partial charge in [-0.2, -0.15) is 0 Å². The number of nitro groups is 1. The maximum Gasteiger partial charge on any atom is 0.343 e. The lowest BCUT2D eigenvalue weighted by Crippen LogP contribution is -2.09. The van der Waals surface area contributed by atoms with Crippen LogP contribution in [0.2, 0.25) is 0 Å². The molecule has 0 aliphatic carbocycles. The van der Waals surface area contributed by atoms with Gasteiger partial charge in [0.05, 0.1) is 17.6 Å². The normalized spacial score (nSPS) is 10.0. The van der Waals surface area contributed by atoms with E-state index < -0.39 is 10.9 Å². The highest BCUT2D eigenvalue weighted by molar-refractivity contribution is 5.92. The Hall–Kier alpha value is -2.89. The summed E-state index contributed by atoms with van der Waals surface area (Å²) in [6.07, 6.45) is 0. The largest absolute Gasteiger partial charge is 0.490 e. The number of hydrogen-bond donors (Lipinski definition) is 0. The molecule has 2 rings (SSSR count). The lowest BCUT2D eigenvalue weighted by atomic mass is 10.2. The summed E-state index contributed by atoms with van der Waals surface area (Å²) in [7, 11) is 1.33. The third kappa shape index (κ3) is 3.36. The molecule has 0 unspecified atom stereocenters. The van der Waals surface area contributed by atoms with Gasteiger partial charge in [-0.3, -0.25) is 10.1 Å². The van der Waals surface area contributed by atoms with Gasteiger partial charge in [-0.25, -0.2) is 4.79 Å². The molecule has 0 amide bonds. The van der Waals surface area contributed by atoms with Gasteiger partial charge < -0.3 is 9.47 Å². The fourth-order valence-corrected chi connectivity index (χ4v) is 1.73. The first-order chi connectivity index (χ1) is 10.0. The van der Waals surface area contributed by atoms with Crippen molar-refractivity contribution in [1.82, 2.24) is 0 Å². The predicted molar refractivity (Wildman–Crippen MR) is 75.8 cm³/mol. The van der Waals surface area contributed by atoms with Gasteiger partial charge >= 0.3 is 11.7 Å². The van der Waals surface area contributed by atoms with Crippen molar-refractivity contribution in [3.63, 3.8) is 0 Å². The number of nitro benzene ring substituents is 1. The lowest BCUT2D eigenvalue weighted by Gasteiger charge is -2.06. The number of ether oxygens (including phenoxy) is 2. The Balaban J connectivity index is 2.25. The average molecular weight is 287 g/mol. The molecule has 2 aromatic carbocycles. The molecule has 0 aliphatic rings. The quantitative estimate of drug-likeness (QED) is 0.373.